The maximum atomic E-state index is 12.8. The molecule has 0 unspecified atom stereocenters. The van der Waals surface area contributed by atoms with Gasteiger partial charge in [0.2, 0.25) is 0 Å². The molecule has 1 aliphatic heterocycles. The molecular formula is C25H35NO3. The third kappa shape index (κ3) is 3.77. The molecule has 0 radical (unpaired) electrons. The van der Waals surface area contributed by atoms with E-state index in [2.05, 4.69) is 18.7 Å². The van der Waals surface area contributed by atoms with E-state index in [1.807, 2.05) is 44.3 Å². The lowest BCUT2D eigenvalue weighted by Gasteiger charge is -2.46. The summed E-state index contributed by atoms with van der Waals surface area (Å²) in [7, 11) is 2.01. The van der Waals surface area contributed by atoms with Gasteiger partial charge in [0, 0.05) is 18.5 Å². The Kier molecular flexibility index (Phi) is 5.60. The molecule has 0 aromatic heterocycles. The van der Waals surface area contributed by atoms with E-state index in [4.69, 9.17) is 4.74 Å². The number of esters is 1. The van der Waals surface area contributed by atoms with Crippen LogP contribution in [0.4, 0.5) is 0 Å². The number of aliphatic hydroxyl groups excluding tert-OH is 1. The molecule has 4 heteroatoms. The van der Waals surface area contributed by atoms with Crippen molar-refractivity contribution in [2.24, 2.45) is 17.3 Å². The van der Waals surface area contributed by atoms with Gasteiger partial charge in [-0.15, -0.1) is 0 Å². The molecular weight excluding hydrogens is 362 g/mol. The van der Waals surface area contributed by atoms with Crippen LogP contribution in [0.15, 0.2) is 41.5 Å². The molecule has 1 aromatic carbocycles. The third-order valence-corrected chi connectivity index (χ3v) is 7.96. The number of ether oxygens (including phenoxy) is 1. The second-order valence-electron chi connectivity index (χ2n) is 9.86. The fraction of sp³-hybridized carbons (Fsp3) is 0.640. The third-order valence-electron chi connectivity index (χ3n) is 7.96. The molecule has 1 aromatic rings. The molecule has 0 bridgehead atoms. The summed E-state index contributed by atoms with van der Waals surface area (Å²) in [5.41, 5.74) is 4.25. The number of aliphatic hydroxyl groups is 1. The van der Waals surface area contributed by atoms with E-state index in [9.17, 15) is 9.90 Å². The largest absolute Gasteiger partial charge is 0.462 e. The van der Waals surface area contributed by atoms with Gasteiger partial charge in [-0.25, -0.2) is 0 Å². The number of carbonyl (C=O) groups excluding carboxylic acids is 1. The van der Waals surface area contributed by atoms with Gasteiger partial charge in [0.25, 0.3) is 0 Å². The van der Waals surface area contributed by atoms with Crippen LogP contribution in [0.25, 0.3) is 0 Å². The van der Waals surface area contributed by atoms with Crippen molar-refractivity contribution in [3.8, 4) is 0 Å². The van der Waals surface area contributed by atoms with Crippen LogP contribution in [0.3, 0.4) is 0 Å². The molecule has 0 amide bonds. The van der Waals surface area contributed by atoms with Gasteiger partial charge >= 0.3 is 5.97 Å². The highest BCUT2D eigenvalue weighted by atomic mass is 16.6. The lowest BCUT2D eigenvalue weighted by molar-refractivity contribution is -0.145. The lowest BCUT2D eigenvalue weighted by Crippen LogP contribution is -2.43. The monoisotopic (exact) mass is 397 g/mol. The molecule has 1 heterocycles. The number of hydrogen-bond acceptors (Lipinski definition) is 4. The summed E-state index contributed by atoms with van der Waals surface area (Å²) in [5.74, 6) is 0.109. The summed E-state index contributed by atoms with van der Waals surface area (Å²) in [6, 6.07) is 9.68. The van der Waals surface area contributed by atoms with Crippen molar-refractivity contribution < 1.29 is 14.6 Å². The first-order chi connectivity index (χ1) is 13.8. The van der Waals surface area contributed by atoms with Gasteiger partial charge in [-0.1, -0.05) is 48.4 Å². The van der Waals surface area contributed by atoms with Crippen LogP contribution < -0.4 is 0 Å². The van der Waals surface area contributed by atoms with Crippen molar-refractivity contribution in [1.82, 2.24) is 4.90 Å². The van der Waals surface area contributed by atoms with Crippen molar-refractivity contribution in [3.05, 3.63) is 47.0 Å². The molecule has 1 N–H and O–H groups in total. The first-order valence-electron chi connectivity index (χ1n) is 11.1. The van der Waals surface area contributed by atoms with Crippen LogP contribution in [-0.4, -0.2) is 41.7 Å². The average Bonchev–Trinajstić information content (AvgIpc) is 2.99. The van der Waals surface area contributed by atoms with Gasteiger partial charge in [0.1, 0.15) is 6.10 Å². The molecule has 1 saturated carbocycles. The minimum atomic E-state index is -0.577. The summed E-state index contributed by atoms with van der Waals surface area (Å²) in [4.78, 5) is 14.9. The number of hydrogen-bond donors (Lipinski definition) is 1. The second-order valence-corrected chi connectivity index (χ2v) is 9.86. The normalized spacial score (nSPS) is 33.9. The van der Waals surface area contributed by atoms with E-state index in [0.717, 1.165) is 18.4 Å². The molecule has 29 heavy (non-hydrogen) atoms. The van der Waals surface area contributed by atoms with E-state index < -0.39 is 6.10 Å². The van der Waals surface area contributed by atoms with Crippen LogP contribution >= 0.6 is 0 Å². The number of nitrogens with zero attached hydrogens (tertiary/aromatic N) is 1. The van der Waals surface area contributed by atoms with Crippen molar-refractivity contribution in [2.75, 3.05) is 13.6 Å². The fourth-order valence-electron chi connectivity index (χ4n) is 5.97. The predicted octanol–water partition coefficient (Wildman–Crippen LogP) is 4.50. The first-order valence-corrected chi connectivity index (χ1v) is 11.1. The molecule has 4 rings (SSSR count). The maximum Gasteiger partial charge on any atom is 0.310 e. The van der Waals surface area contributed by atoms with Crippen molar-refractivity contribution >= 4 is 5.97 Å². The minimum absolute atomic E-state index is 0.0475. The van der Waals surface area contributed by atoms with Crippen molar-refractivity contribution in [1.29, 1.82) is 0 Å². The van der Waals surface area contributed by atoms with Crippen molar-refractivity contribution in [3.63, 3.8) is 0 Å². The fourth-order valence-corrected chi connectivity index (χ4v) is 5.97. The van der Waals surface area contributed by atoms with Crippen LogP contribution in [0.5, 0.6) is 0 Å². The topological polar surface area (TPSA) is 49.8 Å². The van der Waals surface area contributed by atoms with E-state index in [1.165, 1.54) is 24.8 Å². The zero-order valence-corrected chi connectivity index (χ0v) is 18.2. The smallest absolute Gasteiger partial charge is 0.310 e. The summed E-state index contributed by atoms with van der Waals surface area (Å²) < 4.78 is 5.90. The minimum Gasteiger partial charge on any atom is -0.462 e. The molecule has 2 aliphatic carbocycles. The van der Waals surface area contributed by atoms with Crippen LogP contribution in [-0.2, 0) is 9.53 Å². The Labute approximate surface area is 174 Å². The number of allylic oxidation sites excluding steroid dienone is 2. The van der Waals surface area contributed by atoms with Crippen molar-refractivity contribution in [2.45, 2.75) is 71.1 Å². The Morgan fingerprint density at radius 2 is 2.03 bits per heavy atom. The lowest BCUT2D eigenvalue weighted by atomic mass is 9.59. The van der Waals surface area contributed by atoms with Crippen LogP contribution in [0, 0.1) is 17.3 Å². The summed E-state index contributed by atoms with van der Waals surface area (Å²) in [6.07, 6.45) is 5.10. The van der Waals surface area contributed by atoms with Crippen LogP contribution in [0.1, 0.15) is 64.5 Å². The van der Waals surface area contributed by atoms with Gasteiger partial charge < -0.3 is 9.84 Å². The second kappa shape index (κ2) is 7.88. The summed E-state index contributed by atoms with van der Waals surface area (Å²) in [5, 5.41) is 10.8. The summed E-state index contributed by atoms with van der Waals surface area (Å²) >= 11 is 0. The van der Waals surface area contributed by atoms with E-state index in [-0.39, 0.29) is 35.4 Å². The number of likely N-dealkylation sites (N-methyl/N-ethyl adjacent to an activating group) is 1. The molecule has 158 valence electrons. The Balaban J connectivity index is 1.48. The van der Waals surface area contributed by atoms with Gasteiger partial charge in [-0.2, -0.15) is 0 Å². The molecule has 3 aliphatic rings. The zero-order chi connectivity index (χ0) is 20.8. The molecule has 6 atom stereocenters. The zero-order valence-electron chi connectivity index (χ0n) is 18.2. The Bertz CT molecular complexity index is 789. The highest BCUT2D eigenvalue weighted by molar-refractivity contribution is 5.76. The first kappa shape index (κ1) is 20.6. The quantitative estimate of drug-likeness (QED) is 0.587. The average molecular weight is 398 g/mol. The van der Waals surface area contributed by atoms with Gasteiger partial charge in [0.05, 0.1) is 12.0 Å². The van der Waals surface area contributed by atoms with Gasteiger partial charge in [0.15, 0.2) is 0 Å². The molecule has 4 nitrogen and oxygen atoms in total. The van der Waals surface area contributed by atoms with Gasteiger partial charge in [-0.05, 0) is 64.0 Å². The van der Waals surface area contributed by atoms with E-state index in [0.29, 0.717) is 6.54 Å². The van der Waals surface area contributed by atoms with Gasteiger partial charge in [-0.3, -0.25) is 9.69 Å². The SMILES string of the molecule is CC1=C2C[C@@H]3[C@H](CN(C)[C@@H](C)[C@@H](O)c4ccccc4)C(=O)O[C@@H]3C[C@@]2(C)CCC1. The van der Waals surface area contributed by atoms with Crippen LogP contribution in [0.2, 0.25) is 0 Å². The predicted molar refractivity (Wildman–Crippen MR) is 114 cm³/mol. The van der Waals surface area contributed by atoms with E-state index in [1.54, 1.807) is 5.57 Å². The Morgan fingerprint density at radius 1 is 1.31 bits per heavy atom. The number of rotatable bonds is 5. The highest BCUT2D eigenvalue weighted by Gasteiger charge is 2.53. The molecule has 2 fully saturated rings. The number of benzene rings is 1. The highest BCUT2D eigenvalue weighted by Crippen LogP contribution is 2.55. The van der Waals surface area contributed by atoms with E-state index >= 15 is 0 Å². The molecule has 1 saturated heterocycles. The Morgan fingerprint density at radius 3 is 2.76 bits per heavy atom. The number of fused-ring (bicyclic) bond motifs is 2. The summed E-state index contributed by atoms with van der Waals surface area (Å²) in [6.45, 7) is 7.31. The maximum absolute atomic E-state index is 12.8. The number of carbonyl (C=O) groups is 1. The molecule has 0 spiro atoms. The Hall–Kier alpha value is -1.65. The standard InChI is InChI=1S/C25H35NO3/c1-16-9-8-12-25(3)14-22-19(13-21(16)25)20(24(28)29-22)15-26(4)17(2)23(27)18-10-6-5-7-11-18/h5-7,10-11,17,19-20,22-23,27H,8-9,12-15H2,1-4H3/t17-,19+,20-,22+,23+,25+/m0/s1.